The van der Waals surface area contributed by atoms with Crippen LogP contribution >= 0.6 is 0 Å². The van der Waals surface area contributed by atoms with Gasteiger partial charge in [-0.05, 0) is 56.9 Å². The molecule has 4 atom stereocenters. The third-order valence-electron chi connectivity index (χ3n) is 5.04. The molecule has 3 nitrogen and oxygen atoms in total. The van der Waals surface area contributed by atoms with Crippen molar-refractivity contribution in [1.82, 2.24) is 5.32 Å². The van der Waals surface area contributed by atoms with Crippen LogP contribution in [0.25, 0.3) is 0 Å². The number of nitrogens with one attached hydrogen (secondary N) is 1. The molecule has 2 rings (SSSR count). The number of esters is 1. The van der Waals surface area contributed by atoms with E-state index in [1.807, 2.05) is 6.92 Å². The fourth-order valence-electron chi connectivity index (χ4n) is 3.59. The fourth-order valence-corrected chi connectivity index (χ4v) is 3.59. The molecule has 0 aromatic carbocycles. The van der Waals surface area contributed by atoms with Gasteiger partial charge in [-0.25, -0.2) is 0 Å². The van der Waals surface area contributed by atoms with E-state index >= 15 is 0 Å². The van der Waals surface area contributed by atoms with Crippen LogP contribution in [0.1, 0.15) is 59.8 Å². The topological polar surface area (TPSA) is 38.3 Å². The molecule has 1 saturated carbocycles. The van der Waals surface area contributed by atoms with E-state index < -0.39 is 5.54 Å². The normalized spacial score (nSPS) is 39.5. The third-order valence-corrected chi connectivity index (χ3v) is 5.04. The summed E-state index contributed by atoms with van der Waals surface area (Å²) >= 11 is 0. The molecule has 1 aliphatic heterocycles. The first kappa shape index (κ1) is 14.8. The van der Waals surface area contributed by atoms with Gasteiger partial charge >= 0.3 is 5.97 Å². The minimum Gasteiger partial charge on any atom is -0.461 e. The van der Waals surface area contributed by atoms with Crippen molar-refractivity contribution in [3.63, 3.8) is 0 Å². The smallest absolute Gasteiger partial charge is 0.326 e. The Morgan fingerprint density at radius 1 is 1.37 bits per heavy atom. The van der Waals surface area contributed by atoms with Crippen LogP contribution in [-0.2, 0) is 9.53 Å². The summed E-state index contributed by atoms with van der Waals surface area (Å²) in [4.78, 5) is 12.4. The van der Waals surface area contributed by atoms with Crippen molar-refractivity contribution in [2.45, 2.75) is 71.4 Å². The molecule has 0 radical (unpaired) electrons. The first-order valence-electron chi connectivity index (χ1n) is 7.88. The zero-order valence-corrected chi connectivity index (χ0v) is 12.9. The summed E-state index contributed by atoms with van der Waals surface area (Å²) in [5.41, 5.74) is -0.442. The van der Waals surface area contributed by atoms with Gasteiger partial charge in [0.05, 0.1) is 0 Å². The second kappa shape index (κ2) is 5.82. The van der Waals surface area contributed by atoms with E-state index in [9.17, 15) is 4.79 Å². The van der Waals surface area contributed by atoms with Crippen molar-refractivity contribution < 1.29 is 9.53 Å². The number of carbonyl (C=O) groups excluding carboxylic acids is 1. The van der Waals surface area contributed by atoms with Crippen molar-refractivity contribution in [3.05, 3.63) is 0 Å². The number of rotatable bonds is 3. The van der Waals surface area contributed by atoms with Gasteiger partial charge in [-0.3, -0.25) is 4.79 Å². The second-order valence-corrected chi connectivity index (χ2v) is 7.13. The summed E-state index contributed by atoms with van der Waals surface area (Å²) in [5.74, 6) is 1.77. The molecule has 1 aliphatic carbocycles. The van der Waals surface area contributed by atoms with Gasteiger partial charge in [-0.15, -0.1) is 0 Å². The molecule has 2 aliphatic rings. The van der Waals surface area contributed by atoms with Crippen molar-refractivity contribution in [2.75, 3.05) is 6.54 Å². The average molecular weight is 267 g/mol. The largest absolute Gasteiger partial charge is 0.461 e. The standard InChI is InChI=1S/C16H29NO2/c1-11(2)13-7-6-12(3)10-14(13)19-15(18)16(4)8-5-9-17-16/h11-14,17H,5-10H2,1-4H3. The van der Waals surface area contributed by atoms with Gasteiger partial charge in [0.25, 0.3) is 0 Å². The van der Waals surface area contributed by atoms with Gasteiger partial charge in [-0.2, -0.15) is 0 Å². The zero-order chi connectivity index (χ0) is 14.0. The lowest BCUT2D eigenvalue weighted by atomic mass is 9.75. The van der Waals surface area contributed by atoms with Crippen molar-refractivity contribution >= 4 is 5.97 Å². The van der Waals surface area contributed by atoms with Crippen LogP contribution in [0.5, 0.6) is 0 Å². The molecule has 0 spiro atoms. The highest BCUT2D eigenvalue weighted by Crippen LogP contribution is 2.36. The minimum absolute atomic E-state index is 0.0326. The summed E-state index contributed by atoms with van der Waals surface area (Å²) in [6, 6.07) is 0. The van der Waals surface area contributed by atoms with Gasteiger partial charge in [0, 0.05) is 0 Å². The van der Waals surface area contributed by atoms with E-state index in [2.05, 4.69) is 26.1 Å². The Labute approximate surface area is 117 Å². The Kier molecular flexibility index (Phi) is 4.54. The van der Waals surface area contributed by atoms with E-state index in [0.717, 1.165) is 25.8 Å². The summed E-state index contributed by atoms with van der Waals surface area (Å²) < 4.78 is 5.92. The van der Waals surface area contributed by atoms with E-state index in [4.69, 9.17) is 4.74 Å². The molecular formula is C16H29NO2. The molecule has 110 valence electrons. The molecule has 19 heavy (non-hydrogen) atoms. The molecule has 1 saturated heterocycles. The van der Waals surface area contributed by atoms with Crippen LogP contribution in [0, 0.1) is 17.8 Å². The predicted octanol–water partition coefficient (Wildman–Crippen LogP) is 3.13. The summed E-state index contributed by atoms with van der Waals surface area (Å²) in [6.07, 6.45) is 5.59. The molecule has 2 fully saturated rings. The quantitative estimate of drug-likeness (QED) is 0.798. The summed E-state index contributed by atoms with van der Waals surface area (Å²) in [6.45, 7) is 9.68. The Morgan fingerprint density at radius 3 is 2.68 bits per heavy atom. The lowest BCUT2D eigenvalue weighted by Gasteiger charge is -2.38. The molecular weight excluding hydrogens is 238 g/mol. The maximum atomic E-state index is 12.4. The maximum absolute atomic E-state index is 12.4. The van der Waals surface area contributed by atoms with Crippen LogP contribution < -0.4 is 5.32 Å². The molecule has 4 unspecified atom stereocenters. The Hall–Kier alpha value is -0.570. The fraction of sp³-hybridized carbons (Fsp3) is 0.938. The lowest BCUT2D eigenvalue weighted by molar-refractivity contribution is -0.162. The number of hydrogen-bond acceptors (Lipinski definition) is 3. The third kappa shape index (κ3) is 3.31. The SMILES string of the molecule is CC1CCC(C(C)C)C(OC(=O)C2(C)CCCN2)C1. The lowest BCUT2D eigenvalue weighted by Crippen LogP contribution is -2.48. The van der Waals surface area contributed by atoms with Gasteiger partial charge in [-0.1, -0.05) is 27.2 Å². The zero-order valence-electron chi connectivity index (χ0n) is 12.9. The van der Waals surface area contributed by atoms with E-state index in [0.29, 0.717) is 17.8 Å². The van der Waals surface area contributed by atoms with Gasteiger partial charge in [0.1, 0.15) is 11.6 Å². The first-order chi connectivity index (χ1) is 8.92. The molecule has 0 bridgehead atoms. The average Bonchev–Trinajstić information content (AvgIpc) is 2.77. The van der Waals surface area contributed by atoms with Crippen LogP contribution in [-0.4, -0.2) is 24.2 Å². The summed E-state index contributed by atoms with van der Waals surface area (Å²) in [7, 11) is 0. The molecule has 0 aromatic rings. The highest BCUT2D eigenvalue weighted by molar-refractivity contribution is 5.80. The minimum atomic E-state index is -0.442. The highest BCUT2D eigenvalue weighted by atomic mass is 16.5. The van der Waals surface area contributed by atoms with Crippen LogP contribution in [0.4, 0.5) is 0 Å². The predicted molar refractivity (Wildman–Crippen MR) is 76.9 cm³/mol. The Balaban J connectivity index is 2.00. The maximum Gasteiger partial charge on any atom is 0.326 e. The van der Waals surface area contributed by atoms with Crippen LogP contribution in [0.15, 0.2) is 0 Å². The monoisotopic (exact) mass is 267 g/mol. The van der Waals surface area contributed by atoms with Gasteiger partial charge in [0.2, 0.25) is 0 Å². The van der Waals surface area contributed by atoms with E-state index in [1.165, 1.54) is 12.8 Å². The van der Waals surface area contributed by atoms with E-state index in [1.54, 1.807) is 0 Å². The number of ether oxygens (including phenoxy) is 1. The van der Waals surface area contributed by atoms with Crippen molar-refractivity contribution in [3.8, 4) is 0 Å². The molecule has 0 aromatic heterocycles. The Bertz CT molecular complexity index is 321. The highest BCUT2D eigenvalue weighted by Gasteiger charge is 2.41. The second-order valence-electron chi connectivity index (χ2n) is 7.13. The number of hydrogen-bond donors (Lipinski definition) is 1. The van der Waals surface area contributed by atoms with E-state index in [-0.39, 0.29) is 12.1 Å². The Morgan fingerprint density at radius 2 is 2.11 bits per heavy atom. The molecule has 1 heterocycles. The van der Waals surface area contributed by atoms with Crippen molar-refractivity contribution in [1.29, 1.82) is 0 Å². The molecule has 3 heteroatoms. The molecule has 1 N–H and O–H groups in total. The molecule has 0 amide bonds. The van der Waals surface area contributed by atoms with Gasteiger partial charge in [0.15, 0.2) is 0 Å². The van der Waals surface area contributed by atoms with Crippen LogP contribution in [0.3, 0.4) is 0 Å². The summed E-state index contributed by atoms with van der Waals surface area (Å²) in [5, 5.41) is 3.30. The number of carbonyl (C=O) groups is 1. The first-order valence-corrected chi connectivity index (χ1v) is 7.88. The van der Waals surface area contributed by atoms with Crippen LogP contribution in [0.2, 0.25) is 0 Å². The van der Waals surface area contributed by atoms with Crippen molar-refractivity contribution in [2.24, 2.45) is 17.8 Å². The van der Waals surface area contributed by atoms with Gasteiger partial charge < -0.3 is 10.1 Å².